The molecule has 0 radical (unpaired) electrons. The van der Waals surface area contributed by atoms with Crippen LogP contribution in [0.25, 0.3) is 0 Å². The van der Waals surface area contributed by atoms with Gasteiger partial charge in [0.1, 0.15) is 11.5 Å². The highest BCUT2D eigenvalue weighted by atomic mass is 127. The van der Waals surface area contributed by atoms with Crippen molar-refractivity contribution >= 4 is 34.0 Å². The predicted octanol–water partition coefficient (Wildman–Crippen LogP) is 3.43. The molecule has 6 nitrogen and oxygen atoms in total. The third-order valence-corrected chi connectivity index (χ3v) is 3.78. The second kappa shape index (κ2) is 7.34. The molecule has 1 aromatic heterocycles. The Kier molecular flexibility index (Phi) is 5.48. The van der Waals surface area contributed by atoms with Crippen LogP contribution in [0.5, 0.6) is 0 Å². The largest absolute Gasteiger partial charge is 0.379 e. The Balaban J connectivity index is 1.87. The predicted molar refractivity (Wildman–Crippen MR) is 85.7 cm³/mol. The summed E-state index contributed by atoms with van der Waals surface area (Å²) >= 11 is 1.74. The van der Waals surface area contributed by atoms with Crippen molar-refractivity contribution in [1.82, 2.24) is 9.55 Å². The van der Waals surface area contributed by atoms with Crippen molar-refractivity contribution in [3.05, 3.63) is 50.4 Å². The number of anilines is 1. The van der Waals surface area contributed by atoms with Crippen LogP contribution in [-0.2, 0) is 6.54 Å². The van der Waals surface area contributed by atoms with E-state index in [1.165, 1.54) is 12.1 Å². The molecule has 0 atom stereocenters. The Morgan fingerprint density at radius 3 is 2.90 bits per heavy atom. The summed E-state index contributed by atoms with van der Waals surface area (Å²) in [7, 11) is 0. The Morgan fingerprint density at radius 2 is 2.24 bits per heavy atom. The van der Waals surface area contributed by atoms with Crippen molar-refractivity contribution in [3.63, 3.8) is 0 Å². The van der Waals surface area contributed by atoms with E-state index in [4.69, 9.17) is 0 Å². The Morgan fingerprint density at radius 1 is 1.43 bits per heavy atom. The number of rotatable bonds is 7. The highest BCUT2D eigenvalue weighted by Crippen LogP contribution is 2.28. The SMILES string of the molecule is O=[N+]([O-])c1cc(I)c(F)cc1NCCCCn1ccnc1. The summed E-state index contributed by atoms with van der Waals surface area (Å²) < 4.78 is 15.7. The molecule has 0 saturated carbocycles. The van der Waals surface area contributed by atoms with E-state index in [2.05, 4.69) is 10.3 Å². The van der Waals surface area contributed by atoms with E-state index in [0.717, 1.165) is 19.4 Å². The van der Waals surface area contributed by atoms with E-state index < -0.39 is 10.7 Å². The number of imidazole rings is 1. The van der Waals surface area contributed by atoms with Crippen LogP contribution in [0.4, 0.5) is 15.8 Å². The van der Waals surface area contributed by atoms with E-state index in [0.29, 0.717) is 6.54 Å². The minimum Gasteiger partial charge on any atom is -0.379 e. The molecule has 0 fully saturated rings. The molecule has 0 aliphatic rings. The third-order valence-electron chi connectivity index (χ3n) is 2.95. The minimum atomic E-state index is -0.505. The highest BCUT2D eigenvalue weighted by molar-refractivity contribution is 14.1. The molecule has 0 amide bonds. The van der Waals surface area contributed by atoms with Gasteiger partial charge in [0.25, 0.3) is 5.69 Å². The molecule has 8 heteroatoms. The number of unbranched alkanes of at least 4 members (excludes halogenated alkanes) is 1. The summed E-state index contributed by atoms with van der Waals surface area (Å²) in [6.45, 7) is 1.39. The van der Waals surface area contributed by atoms with Crippen LogP contribution in [0.1, 0.15) is 12.8 Å². The number of hydrogen-bond acceptors (Lipinski definition) is 4. The maximum atomic E-state index is 13.5. The molecule has 0 spiro atoms. The third kappa shape index (κ3) is 4.38. The van der Waals surface area contributed by atoms with Gasteiger partial charge in [-0.25, -0.2) is 9.37 Å². The second-order valence-corrected chi connectivity index (χ2v) is 5.64. The topological polar surface area (TPSA) is 73.0 Å². The molecule has 0 aliphatic carbocycles. The average Bonchev–Trinajstić information content (AvgIpc) is 2.95. The Bertz CT molecular complexity index is 619. The van der Waals surface area contributed by atoms with Crippen LogP contribution in [0, 0.1) is 19.5 Å². The number of nitro groups is 1. The quantitative estimate of drug-likeness (QED) is 0.332. The van der Waals surface area contributed by atoms with Gasteiger partial charge in [0, 0.05) is 37.6 Å². The normalized spacial score (nSPS) is 10.6. The molecule has 2 aromatic rings. The van der Waals surface area contributed by atoms with Gasteiger partial charge < -0.3 is 9.88 Å². The van der Waals surface area contributed by atoms with Crippen molar-refractivity contribution < 1.29 is 9.31 Å². The summed E-state index contributed by atoms with van der Waals surface area (Å²) in [5, 5.41) is 13.9. The fourth-order valence-corrected chi connectivity index (χ4v) is 2.34. The van der Waals surface area contributed by atoms with E-state index in [-0.39, 0.29) is 14.9 Å². The second-order valence-electron chi connectivity index (χ2n) is 4.47. The molecule has 0 unspecified atom stereocenters. The molecular weight excluding hydrogens is 390 g/mol. The molecule has 0 aliphatic heterocycles. The van der Waals surface area contributed by atoms with Crippen molar-refractivity contribution in [2.45, 2.75) is 19.4 Å². The average molecular weight is 404 g/mol. The van der Waals surface area contributed by atoms with E-state index in [1.54, 1.807) is 35.1 Å². The fraction of sp³-hybridized carbons (Fsp3) is 0.308. The molecular formula is C13H14FIN4O2. The highest BCUT2D eigenvalue weighted by Gasteiger charge is 2.16. The molecule has 0 bridgehead atoms. The Hall–Kier alpha value is -1.71. The summed E-state index contributed by atoms with van der Waals surface area (Å²) in [6, 6.07) is 2.42. The fourth-order valence-electron chi connectivity index (χ4n) is 1.89. The zero-order chi connectivity index (χ0) is 15.2. The van der Waals surface area contributed by atoms with E-state index in [9.17, 15) is 14.5 Å². The lowest BCUT2D eigenvalue weighted by Crippen LogP contribution is -2.06. The van der Waals surface area contributed by atoms with Crippen molar-refractivity contribution in [3.8, 4) is 0 Å². The lowest BCUT2D eigenvalue weighted by Gasteiger charge is -2.08. The lowest BCUT2D eigenvalue weighted by atomic mass is 10.2. The number of aromatic nitrogens is 2. The molecule has 0 saturated heterocycles. The number of nitrogens with zero attached hydrogens (tertiary/aromatic N) is 3. The van der Waals surface area contributed by atoms with Crippen molar-refractivity contribution in [2.75, 3.05) is 11.9 Å². The molecule has 1 N–H and O–H groups in total. The maximum Gasteiger partial charge on any atom is 0.293 e. The first-order valence-electron chi connectivity index (χ1n) is 6.41. The molecule has 1 heterocycles. The molecule has 2 rings (SSSR count). The molecule has 1 aromatic carbocycles. The number of nitro benzene ring substituents is 1. The number of halogens is 2. The number of nitrogens with one attached hydrogen (secondary N) is 1. The molecule has 112 valence electrons. The van der Waals surface area contributed by atoms with Gasteiger partial charge in [-0.15, -0.1) is 0 Å². The Labute approximate surface area is 134 Å². The van der Waals surface area contributed by atoms with E-state index in [1.807, 2.05) is 10.8 Å². The van der Waals surface area contributed by atoms with Crippen LogP contribution in [0.2, 0.25) is 0 Å². The zero-order valence-corrected chi connectivity index (χ0v) is 13.3. The van der Waals surface area contributed by atoms with Gasteiger partial charge in [0.15, 0.2) is 0 Å². The van der Waals surface area contributed by atoms with Crippen LogP contribution in [-0.4, -0.2) is 21.0 Å². The van der Waals surface area contributed by atoms with Gasteiger partial charge in [-0.2, -0.15) is 0 Å². The number of benzene rings is 1. The van der Waals surface area contributed by atoms with Crippen LogP contribution in [0.15, 0.2) is 30.9 Å². The summed E-state index contributed by atoms with van der Waals surface area (Å²) in [5.41, 5.74) is 0.121. The van der Waals surface area contributed by atoms with E-state index >= 15 is 0 Å². The monoisotopic (exact) mass is 404 g/mol. The first-order valence-corrected chi connectivity index (χ1v) is 7.49. The summed E-state index contributed by atoms with van der Waals surface area (Å²) in [6.07, 6.45) is 7.07. The van der Waals surface area contributed by atoms with Gasteiger partial charge in [0.2, 0.25) is 0 Å². The number of aryl methyl sites for hydroxylation is 1. The molecule has 21 heavy (non-hydrogen) atoms. The first kappa shape index (κ1) is 15.7. The first-order chi connectivity index (χ1) is 10.1. The van der Waals surface area contributed by atoms with Gasteiger partial charge in [-0.05, 0) is 35.4 Å². The summed E-state index contributed by atoms with van der Waals surface area (Å²) in [4.78, 5) is 14.4. The van der Waals surface area contributed by atoms with Crippen LogP contribution < -0.4 is 5.32 Å². The van der Waals surface area contributed by atoms with Gasteiger partial charge >= 0.3 is 0 Å². The maximum absolute atomic E-state index is 13.5. The summed E-state index contributed by atoms with van der Waals surface area (Å²) in [5.74, 6) is -0.456. The zero-order valence-electron chi connectivity index (χ0n) is 11.1. The van der Waals surface area contributed by atoms with Crippen molar-refractivity contribution in [1.29, 1.82) is 0 Å². The van der Waals surface area contributed by atoms with Gasteiger partial charge in [0.05, 0.1) is 14.8 Å². The smallest absolute Gasteiger partial charge is 0.293 e. The van der Waals surface area contributed by atoms with Crippen LogP contribution >= 0.6 is 22.6 Å². The number of hydrogen-bond donors (Lipinski definition) is 1. The van der Waals surface area contributed by atoms with Gasteiger partial charge in [-0.1, -0.05) is 0 Å². The minimum absolute atomic E-state index is 0.101. The van der Waals surface area contributed by atoms with Gasteiger partial charge in [-0.3, -0.25) is 10.1 Å². The standard InChI is InChI=1S/C13H14FIN4O2/c14-10-7-12(13(19(20)21)8-11(10)15)17-3-1-2-5-18-6-4-16-9-18/h4,6-9,17H,1-3,5H2. The lowest BCUT2D eigenvalue weighted by molar-refractivity contribution is -0.384. The van der Waals surface area contributed by atoms with Crippen molar-refractivity contribution in [2.24, 2.45) is 0 Å². The van der Waals surface area contributed by atoms with Crippen LogP contribution in [0.3, 0.4) is 0 Å².